The van der Waals surface area contributed by atoms with Gasteiger partial charge in [0.25, 0.3) is 0 Å². The number of rotatable bonds is 6. The minimum Gasteiger partial charge on any atom is -0.497 e. The van der Waals surface area contributed by atoms with E-state index < -0.39 is 5.82 Å². The van der Waals surface area contributed by atoms with E-state index in [0.717, 1.165) is 52.5 Å². The van der Waals surface area contributed by atoms with Crippen molar-refractivity contribution in [3.05, 3.63) is 73.1 Å². The normalized spacial score (nSPS) is 13.4. The van der Waals surface area contributed by atoms with Gasteiger partial charge in [-0.05, 0) is 54.8 Å². The molecule has 9 nitrogen and oxygen atoms in total. The van der Waals surface area contributed by atoms with Gasteiger partial charge in [-0.3, -0.25) is 19.9 Å². The molecular formula is C30H24FN7O2. The second-order valence-corrected chi connectivity index (χ2v) is 9.96. The fraction of sp³-hybridized carbons (Fsp3) is 0.167. The van der Waals surface area contributed by atoms with Crippen LogP contribution in [0.1, 0.15) is 19.3 Å². The lowest BCUT2D eigenvalue weighted by Crippen LogP contribution is -2.28. The molecule has 1 aromatic carbocycles. The molecule has 1 aliphatic carbocycles. The predicted octanol–water partition coefficient (Wildman–Crippen LogP) is 6.12. The molecule has 0 bridgehead atoms. The Kier molecular flexibility index (Phi) is 5.73. The number of anilines is 1. The van der Waals surface area contributed by atoms with Crippen LogP contribution >= 0.6 is 0 Å². The summed E-state index contributed by atoms with van der Waals surface area (Å²) in [5, 5.41) is 11.4. The molecule has 1 fully saturated rings. The second kappa shape index (κ2) is 9.57. The maximum Gasteiger partial charge on any atom is 0.227 e. The summed E-state index contributed by atoms with van der Waals surface area (Å²) in [6, 6.07) is 12.2. The van der Waals surface area contributed by atoms with Crippen molar-refractivity contribution in [2.75, 3.05) is 12.4 Å². The van der Waals surface area contributed by atoms with Crippen molar-refractivity contribution in [1.29, 1.82) is 0 Å². The summed E-state index contributed by atoms with van der Waals surface area (Å²) < 4.78 is 19.5. The van der Waals surface area contributed by atoms with Crippen molar-refractivity contribution in [2.24, 2.45) is 5.92 Å². The number of aromatic amines is 2. The van der Waals surface area contributed by atoms with E-state index in [2.05, 4.69) is 30.5 Å². The summed E-state index contributed by atoms with van der Waals surface area (Å²) in [4.78, 5) is 29.4. The molecule has 5 heterocycles. The Labute approximate surface area is 227 Å². The number of ether oxygens (including phenoxy) is 1. The average Bonchev–Trinajstić information content (AvgIpc) is 3.55. The highest BCUT2D eigenvalue weighted by Crippen LogP contribution is 2.35. The van der Waals surface area contributed by atoms with E-state index in [-0.39, 0.29) is 11.8 Å². The van der Waals surface area contributed by atoms with Gasteiger partial charge in [-0.15, -0.1) is 0 Å². The first-order valence-corrected chi connectivity index (χ1v) is 13.0. The molecule has 1 saturated carbocycles. The summed E-state index contributed by atoms with van der Waals surface area (Å²) in [6.07, 6.45) is 9.76. The third-order valence-corrected chi connectivity index (χ3v) is 7.40. The number of H-pyrrole nitrogens is 2. The number of nitrogens with zero attached hydrogens (tertiary/aromatic N) is 4. The lowest BCUT2D eigenvalue weighted by molar-refractivity contribution is -0.122. The number of methoxy groups -OCH3 is 1. The van der Waals surface area contributed by atoms with Crippen LogP contribution in [-0.4, -0.2) is 43.2 Å². The molecule has 0 unspecified atom stereocenters. The number of fused-ring (bicyclic) bond motifs is 2. The Morgan fingerprint density at radius 3 is 2.70 bits per heavy atom. The molecule has 10 heteroatoms. The van der Waals surface area contributed by atoms with Gasteiger partial charge in [0, 0.05) is 40.9 Å². The topological polar surface area (TPSA) is 121 Å². The van der Waals surface area contributed by atoms with Gasteiger partial charge in [-0.2, -0.15) is 5.10 Å². The highest BCUT2D eigenvalue weighted by atomic mass is 19.1. The van der Waals surface area contributed by atoms with E-state index in [1.807, 2.05) is 24.3 Å². The minimum atomic E-state index is -0.390. The fourth-order valence-corrected chi connectivity index (χ4v) is 5.06. The number of halogens is 1. The van der Waals surface area contributed by atoms with Crippen molar-refractivity contribution in [2.45, 2.75) is 19.3 Å². The monoisotopic (exact) mass is 533 g/mol. The molecule has 0 spiro atoms. The summed E-state index contributed by atoms with van der Waals surface area (Å²) >= 11 is 0. The Morgan fingerprint density at radius 1 is 1.00 bits per heavy atom. The van der Waals surface area contributed by atoms with Crippen LogP contribution in [0.5, 0.6) is 5.75 Å². The van der Waals surface area contributed by atoms with Gasteiger partial charge in [0.1, 0.15) is 22.8 Å². The van der Waals surface area contributed by atoms with Gasteiger partial charge >= 0.3 is 0 Å². The molecule has 5 aromatic heterocycles. The SMILES string of the molecule is COc1cc(F)cc(-c2cncc3[nH]c(-c4n[nH]c5ccc(-c6cncc(NC(=O)C7CCC7)c6)nc45)cc23)c1. The molecule has 1 amide bonds. The second-order valence-electron chi connectivity index (χ2n) is 9.96. The lowest BCUT2D eigenvalue weighted by Gasteiger charge is -2.24. The Morgan fingerprint density at radius 2 is 1.88 bits per heavy atom. The quantitative estimate of drug-likeness (QED) is 0.237. The molecular weight excluding hydrogens is 509 g/mol. The zero-order valence-electron chi connectivity index (χ0n) is 21.5. The first-order chi connectivity index (χ1) is 19.6. The molecule has 198 valence electrons. The van der Waals surface area contributed by atoms with Crippen LogP contribution in [0.25, 0.3) is 55.7 Å². The number of benzene rings is 1. The number of carbonyl (C=O) groups excluding carboxylic acids is 1. The number of hydrogen-bond donors (Lipinski definition) is 3. The van der Waals surface area contributed by atoms with E-state index in [1.54, 1.807) is 30.9 Å². The maximum absolute atomic E-state index is 14.3. The van der Waals surface area contributed by atoms with E-state index in [9.17, 15) is 9.18 Å². The molecule has 0 saturated heterocycles. The number of carbonyl (C=O) groups is 1. The van der Waals surface area contributed by atoms with Gasteiger partial charge in [-0.25, -0.2) is 9.37 Å². The minimum absolute atomic E-state index is 0.0371. The predicted molar refractivity (Wildman–Crippen MR) is 150 cm³/mol. The van der Waals surface area contributed by atoms with Crippen LogP contribution in [0, 0.1) is 11.7 Å². The third kappa shape index (κ3) is 4.23. The van der Waals surface area contributed by atoms with E-state index in [4.69, 9.17) is 9.72 Å². The van der Waals surface area contributed by atoms with Crippen molar-refractivity contribution in [3.8, 4) is 39.5 Å². The summed E-state index contributed by atoms with van der Waals surface area (Å²) in [6.45, 7) is 0. The summed E-state index contributed by atoms with van der Waals surface area (Å²) in [7, 11) is 1.51. The highest BCUT2D eigenvalue weighted by Gasteiger charge is 2.25. The molecule has 40 heavy (non-hydrogen) atoms. The number of nitrogens with one attached hydrogen (secondary N) is 3. The standard InChI is InChI=1S/C30H24FN7O2/c1-40-21-9-17(7-19(31)10-21)23-14-33-15-27-22(23)11-26(35-27)29-28-25(37-38-29)6-5-24(36-28)18-8-20(13-32-12-18)34-30(39)16-3-2-4-16/h5-16,35H,2-4H2,1H3,(H,34,39)(H,37,38). The van der Waals surface area contributed by atoms with Gasteiger partial charge < -0.3 is 15.0 Å². The lowest BCUT2D eigenvalue weighted by atomic mass is 9.85. The largest absolute Gasteiger partial charge is 0.497 e. The molecule has 6 aromatic rings. The molecule has 1 aliphatic rings. The number of amides is 1. The zero-order valence-corrected chi connectivity index (χ0v) is 21.5. The Balaban J connectivity index is 1.26. The van der Waals surface area contributed by atoms with Crippen molar-refractivity contribution < 1.29 is 13.9 Å². The first kappa shape index (κ1) is 24.0. The van der Waals surface area contributed by atoms with E-state index in [0.29, 0.717) is 33.9 Å². The van der Waals surface area contributed by atoms with Crippen molar-refractivity contribution in [3.63, 3.8) is 0 Å². The fourth-order valence-electron chi connectivity index (χ4n) is 5.06. The van der Waals surface area contributed by atoms with Crippen LogP contribution in [0.4, 0.5) is 10.1 Å². The van der Waals surface area contributed by atoms with Gasteiger partial charge in [-0.1, -0.05) is 6.42 Å². The number of hydrogen-bond acceptors (Lipinski definition) is 6. The van der Waals surface area contributed by atoms with Gasteiger partial charge in [0.05, 0.1) is 47.6 Å². The van der Waals surface area contributed by atoms with Crippen LogP contribution in [0.3, 0.4) is 0 Å². The molecule has 7 rings (SSSR count). The highest BCUT2D eigenvalue weighted by molar-refractivity contribution is 6.00. The van der Waals surface area contributed by atoms with Gasteiger partial charge in [0.2, 0.25) is 5.91 Å². The molecule has 3 N–H and O–H groups in total. The summed E-state index contributed by atoms with van der Waals surface area (Å²) in [5.74, 6) is 0.161. The average molecular weight is 534 g/mol. The smallest absolute Gasteiger partial charge is 0.227 e. The van der Waals surface area contributed by atoms with E-state index >= 15 is 0 Å². The summed E-state index contributed by atoms with van der Waals surface area (Å²) in [5.41, 5.74) is 7.15. The number of pyridine rings is 3. The molecule has 0 atom stereocenters. The van der Waals surface area contributed by atoms with Crippen LogP contribution < -0.4 is 10.1 Å². The molecule has 0 aliphatic heterocycles. The molecule has 0 radical (unpaired) electrons. The van der Waals surface area contributed by atoms with Crippen molar-refractivity contribution >= 4 is 33.5 Å². The Bertz CT molecular complexity index is 1910. The van der Waals surface area contributed by atoms with Gasteiger partial charge in [0.15, 0.2) is 0 Å². The Hall–Kier alpha value is -5.12. The van der Waals surface area contributed by atoms with Crippen molar-refractivity contribution in [1.82, 2.24) is 30.1 Å². The zero-order chi connectivity index (χ0) is 27.2. The van der Waals surface area contributed by atoms with Crippen LogP contribution in [0.2, 0.25) is 0 Å². The first-order valence-electron chi connectivity index (χ1n) is 13.0. The maximum atomic E-state index is 14.3. The number of aromatic nitrogens is 6. The van der Waals surface area contributed by atoms with Crippen LogP contribution in [-0.2, 0) is 4.79 Å². The van der Waals surface area contributed by atoms with Crippen LogP contribution in [0.15, 0.2) is 67.3 Å². The van der Waals surface area contributed by atoms with E-state index in [1.165, 1.54) is 19.2 Å². The third-order valence-electron chi connectivity index (χ3n) is 7.40.